The number of imidazole rings is 1. The van der Waals surface area contributed by atoms with E-state index >= 15 is 0 Å². The Morgan fingerprint density at radius 1 is 0.977 bits per heavy atom. The van der Waals surface area contributed by atoms with Gasteiger partial charge in [-0.25, -0.2) is 9.78 Å². The highest BCUT2D eigenvalue weighted by Gasteiger charge is 2.30. The van der Waals surface area contributed by atoms with E-state index in [0.717, 1.165) is 34.0 Å². The Hall–Kier alpha value is -4.20. The van der Waals surface area contributed by atoms with Crippen molar-refractivity contribution in [2.24, 2.45) is 14.1 Å². The van der Waals surface area contributed by atoms with E-state index in [2.05, 4.69) is 10.3 Å². The fraction of sp³-hybridized carbons (Fsp3) is 0.379. The number of aromatic nitrogens is 4. The van der Waals surface area contributed by atoms with Crippen LogP contribution in [-0.4, -0.2) is 50.1 Å². The Morgan fingerprint density at radius 3 is 2.40 bits per heavy atom. The van der Waals surface area contributed by atoms with E-state index in [9.17, 15) is 27.6 Å². The largest absolute Gasteiger partial charge is 0.490 e. The standard InChI is InChI=1S/C29H32F3N5O5S/c1-5-41-21-11-10-18(15-22(21)42-6-2)12-13-33-23(38)17-43-27-34-25-24(26(39)36(4)28(40)35(25)3)37(27)16-19-8-7-9-20(14-19)29(30,31)32/h7-11,14-15H,5-6,12-13,16-17H2,1-4H3,(H,33,38). The molecule has 1 amide bonds. The smallest absolute Gasteiger partial charge is 0.416 e. The molecule has 0 fully saturated rings. The molecule has 2 aromatic carbocycles. The number of halogens is 3. The number of thioether (sulfide) groups is 1. The molecule has 0 saturated carbocycles. The molecule has 0 saturated heterocycles. The van der Waals surface area contributed by atoms with Crippen LogP contribution >= 0.6 is 11.8 Å². The lowest BCUT2D eigenvalue weighted by Crippen LogP contribution is -2.37. The highest BCUT2D eigenvalue weighted by molar-refractivity contribution is 7.99. The van der Waals surface area contributed by atoms with Crippen molar-refractivity contribution < 1.29 is 27.4 Å². The Kier molecular flexibility index (Phi) is 9.89. The van der Waals surface area contributed by atoms with Gasteiger partial charge < -0.3 is 19.4 Å². The van der Waals surface area contributed by atoms with Crippen molar-refractivity contribution >= 4 is 28.8 Å². The summed E-state index contributed by atoms with van der Waals surface area (Å²) in [5.41, 5.74) is -0.733. The van der Waals surface area contributed by atoms with Crippen molar-refractivity contribution in [1.82, 2.24) is 24.0 Å². The van der Waals surface area contributed by atoms with Gasteiger partial charge in [0.1, 0.15) is 0 Å². The number of nitrogens with zero attached hydrogens (tertiary/aromatic N) is 4. The molecular formula is C29H32F3N5O5S. The molecule has 0 aliphatic carbocycles. The lowest BCUT2D eigenvalue weighted by molar-refractivity contribution is -0.137. The van der Waals surface area contributed by atoms with Gasteiger partial charge in [-0.2, -0.15) is 13.2 Å². The Balaban J connectivity index is 1.53. The maximum Gasteiger partial charge on any atom is 0.416 e. The van der Waals surface area contributed by atoms with E-state index in [1.165, 1.54) is 35.4 Å². The average Bonchev–Trinajstić information content (AvgIpc) is 3.33. The van der Waals surface area contributed by atoms with Gasteiger partial charge in [-0.05, 0) is 55.7 Å². The molecule has 43 heavy (non-hydrogen) atoms. The van der Waals surface area contributed by atoms with Gasteiger partial charge in [0.25, 0.3) is 5.56 Å². The first-order valence-corrected chi connectivity index (χ1v) is 14.5. The number of rotatable bonds is 12. The third kappa shape index (κ3) is 7.24. The van der Waals surface area contributed by atoms with Gasteiger partial charge >= 0.3 is 11.9 Å². The number of ether oxygens (including phenoxy) is 2. The van der Waals surface area contributed by atoms with Gasteiger partial charge in [-0.1, -0.05) is 30.0 Å². The number of fused-ring (bicyclic) bond motifs is 1. The molecule has 4 aromatic rings. The number of benzene rings is 2. The number of carbonyl (C=O) groups excluding carboxylic acids is 1. The average molecular weight is 620 g/mol. The topological polar surface area (TPSA) is 109 Å². The monoisotopic (exact) mass is 619 g/mol. The zero-order chi connectivity index (χ0) is 31.3. The lowest BCUT2D eigenvalue weighted by atomic mass is 10.1. The van der Waals surface area contributed by atoms with Gasteiger partial charge in [-0.3, -0.25) is 18.7 Å². The molecule has 4 rings (SSSR count). The number of hydrogen-bond acceptors (Lipinski definition) is 7. The summed E-state index contributed by atoms with van der Waals surface area (Å²) >= 11 is 1.02. The van der Waals surface area contributed by atoms with Crippen molar-refractivity contribution in [3.05, 3.63) is 80.0 Å². The van der Waals surface area contributed by atoms with Gasteiger partial charge in [0.05, 0.1) is 31.1 Å². The summed E-state index contributed by atoms with van der Waals surface area (Å²) < 4.78 is 54.8. The molecule has 0 aliphatic heterocycles. The van der Waals surface area contributed by atoms with E-state index in [1.54, 1.807) is 0 Å². The molecule has 10 nitrogen and oxygen atoms in total. The molecule has 0 bridgehead atoms. The van der Waals surface area contributed by atoms with Crippen LogP contribution in [0, 0.1) is 0 Å². The fourth-order valence-electron chi connectivity index (χ4n) is 4.49. The fourth-order valence-corrected chi connectivity index (χ4v) is 5.32. The highest BCUT2D eigenvalue weighted by atomic mass is 32.2. The van der Waals surface area contributed by atoms with Crippen molar-refractivity contribution in [2.75, 3.05) is 25.5 Å². The Bertz CT molecular complexity index is 1750. The van der Waals surface area contributed by atoms with Crippen LogP contribution in [-0.2, 0) is 38.0 Å². The summed E-state index contributed by atoms with van der Waals surface area (Å²) in [7, 11) is 2.76. The predicted molar refractivity (Wildman–Crippen MR) is 157 cm³/mol. The van der Waals surface area contributed by atoms with E-state index in [4.69, 9.17) is 9.47 Å². The summed E-state index contributed by atoms with van der Waals surface area (Å²) in [5, 5.41) is 3.06. The number of aryl methyl sites for hydroxylation is 1. The summed E-state index contributed by atoms with van der Waals surface area (Å²) in [4.78, 5) is 42.8. The molecule has 14 heteroatoms. The molecular weight excluding hydrogens is 587 g/mol. The van der Waals surface area contributed by atoms with Gasteiger partial charge in [0, 0.05) is 20.6 Å². The molecule has 0 radical (unpaired) electrons. The van der Waals surface area contributed by atoms with Gasteiger partial charge in [-0.15, -0.1) is 0 Å². The molecule has 1 N–H and O–H groups in total. The van der Waals surface area contributed by atoms with Crippen LogP contribution in [0.4, 0.5) is 13.2 Å². The molecule has 0 unspecified atom stereocenters. The van der Waals surface area contributed by atoms with Crippen LogP contribution in [0.15, 0.2) is 57.2 Å². The number of hydrogen-bond donors (Lipinski definition) is 1. The normalized spacial score (nSPS) is 11.6. The number of alkyl halides is 3. The van der Waals surface area contributed by atoms with Crippen LogP contribution in [0.5, 0.6) is 11.5 Å². The molecule has 0 atom stereocenters. The number of amides is 1. The zero-order valence-corrected chi connectivity index (χ0v) is 25.0. The highest BCUT2D eigenvalue weighted by Crippen LogP contribution is 2.31. The molecule has 0 aliphatic rings. The quantitative estimate of drug-likeness (QED) is 0.241. The zero-order valence-electron chi connectivity index (χ0n) is 24.2. The predicted octanol–water partition coefficient (Wildman–Crippen LogP) is 3.75. The van der Waals surface area contributed by atoms with Crippen LogP contribution in [0.2, 0.25) is 0 Å². The molecule has 2 heterocycles. The first-order valence-electron chi connectivity index (χ1n) is 13.5. The SMILES string of the molecule is CCOc1ccc(CCNC(=O)CSc2nc3c(c(=O)n(C)c(=O)n3C)n2Cc2cccc(C(F)(F)F)c2)cc1OCC. The lowest BCUT2D eigenvalue weighted by Gasteiger charge is -2.13. The van der Waals surface area contributed by atoms with Crippen LogP contribution < -0.4 is 26.0 Å². The number of carbonyl (C=O) groups is 1. The maximum absolute atomic E-state index is 13.3. The minimum atomic E-state index is -4.54. The molecule has 0 spiro atoms. The van der Waals surface area contributed by atoms with Crippen LogP contribution in [0.3, 0.4) is 0 Å². The van der Waals surface area contributed by atoms with Gasteiger partial charge in [0.15, 0.2) is 27.8 Å². The second-order valence-electron chi connectivity index (χ2n) is 9.59. The summed E-state index contributed by atoms with van der Waals surface area (Å²) in [6.45, 7) is 4.97. The molecule has 2 aromatic heterocycles. The Labute approximate surface area is 249 Å². The third-order valence-corrected chi connectivity index (χ3v) is 7.56. The first kappa shape index (κ1) is 31.7. The van der Waals surface area contributed by atoms with E-state index in [0.29, 0.717) is 37.7 Å². The second kappa shape index (κ2) is 13.4. The third-order valence-electron chi connectivity index (χ3n) is 6.58. The van der Waals surface area contributed by atoms with Crippen molar-refractivity contribution in [3.8, 4) is 11.5 Å². The minimum absolute atomic E-state index is 0.0468. The summed E-state index contributed by atoms with van der Waals surface area (Å²) in [5.74, 6) is 0.895. The second-order valence-corrected chi connectivity index (χ2v) is 10.5. The van der Waals surface area contributed by atoms with Crippen LogP contribution in [0.25, 0.3) is 11.2 Å². The Morgan fingerprint density at radius 2 is 1.70 bits per heavy atom. The maximum atomic E-state index is 13.3. The van der Waals surface area contributed by atoms with Crippen LogP contribution in [0.1, 0.15) is 30.5 Å². The van der Waals surface area contributed by atoms with E-state index in [1.807, 2.05) is 32.0 Å². The number of nitrogens with one attached hydrogen (secondary N) is 1. The van der Waals surface area contributed by atoms with Crippen molar-refractivity contribution in [2.45, 2.75) is 38.1 Å². The van der Waals surface area contributed by atoms with Gasteiger partial charge in [0.2, 0.25) is 5.91 Å². The van der Waals surface area contributed by atoms with Crippen molar-refractivity contribution in [1.29, 1.82) is 0 Å². The summed E-state index contributed by atoms with van der Waals surface area (Å²) in [6.07, 6.45) is -4.01. The van der Waals surface area contributed by atoms with E-state index < -0.39 is 23.0 Å². The summed E-state index contributed by atoms with van der Waals surface area (Å²) in [6, 6.07) is 10.3. The minimum Gasteiger partial charge on any atom is -0.490 e. The first-order chi connectivity index (χ1) is 20.4. The van der Waals surface area contributed by atoms with E-state index in [-0.39, 0.29) is 40.1 Å². The van der Waals surface area contributed by atoms with Crippen molar-refractivity contribution in [3.63, 3.8) is 0 Å². The molecule has 230 valence electrons.